The molecule has 1 fully saturated rings. The first-order valence-corrected chi connectivity index (χ1v) is 7.71. The lowest BCUT2D eigenvalue weighted by Crippen LogP contribution is -2.49. The standard InChI is InChI=1S/C17H26N2O2/c1-18(17(20)14-21-2)16-9-6-11-19(13-16)12-10-15-7-4-3-5-8-15/h3-5,7-8,16H,6,9-14H2,1-2H3. The number of amides is 1. The molecule has 1 atom stereocenters. The van der Waals surface area contributed by atoms with Crippen LogP contribution in [0.2, 0.25) is 0 Å². The average Bonchev–Trinajstić information content (AvgIpc) is 2.54. The molecule has 1 aliphatic rings. The zero-order valence-electron chi connectivity index (χ0n) is 13.1. The van der Waals surface area contributed by atoms with Crippen molar-refractivity contribution in [2.45, 2.75) is 25.3 Å². The number of likely N-dealkylation sites (tertiary alicyclic amines) is 1. The summed E-state index contributed by atoms with van der Waals surface area (Å²) < 4.78 is 4.94. The third-order valence-electron chi connectivity index (χ3n) is 4.25. The van der Waals surface area contributed by atoms with E-state index in [9.17, 15) is 4.79 Å². The van der Waals surface area contributed by atoms with Gasteiger partial charge in [-0.25, -0.2) is 0 Å². The van der Waals surface area contributed by atoms with E-state index >= 15 is 0 Å². The van der Waals surface area contributed by atoms with Crippen LogP contribution >= 0.6 is 0 Å². The van der Waals surface area contributed by atoms with Crippen LogP contribution in [0.5, 0.6) is 0 Å². The van der Waals surface area contributed by atoms with Crippen molar-refractivity contribution in [1.82, 2.24) is 9.80 Å². The minimum absolute atomic E-state index is 0.0763. The number of likely N-dealkylation sites (N-methyl/N-ethyl adjacent to an activating group) is 1. The Balaban J connectivity index is 1.81. The van der Waals surface area contributed by atoms with Crippen LogP contribution in [0.1, 0.15) is 18.4 Å². The van der Waals surface area contributed by atoms with Gasteiger partial charge in [0.2, 0.25) is 5.91 Å². The predicted octanol–water partition coefficient (Wildman–Crippen LogP) is 1.80. The molecular formula is C17H26N2O2. The fourth-order valence-electron chi connectivity index (χ4n) is 2.91. The molecule has 1 amide bonds. The highest BCUT2D eigenvalue weighted by molar-refractivity contribution is 5.77. The maximum atomic E-state index is 11.9. The number of carbonyl (C=O) groups is 1. The molecule has 1 unspecified atom stereocenters. The highest BCUT2D eigenvalue weighted by Gasteiger charge is 2.25. The van der Waals surface area contributed by atoms with E-state index in [1.54, 1.807) is 7.11 Å². The van der Waals surface area contributed by atoms with Crippen molar-refractivity contribution >= 4 is 5.91 Å². The van der Waals surface area contributed by atoms with Gasteiger partial charge in [0.15, 0.2) is 0 Å². The third kappa shape index (κ3) is 4.83. The Kier molecular flexibility index (Phi) is 6.21. The molecular weight excluding hydrogens is 264 g/mol. The minimum Gasteiger partial charge on any atom is -0.375 e. The molecule has 0 radical (unpaired) electrons. The van der Waals surface area contributed by atoms with Gasteiger partial charge in [-0.2, -0.15) is 0 Å². The van der Waals surface area contributed by atoms with Crippen molar-refractivity contribution in [1.29, 1.82) is 0 Å². The quantitative estimate of drug-likeness (QED) is 0.801. The molecule has 1 aromatic carbocycles. The normalized spacial score (nSPS) is 19.4. The SMILES string of the molecule is COCC(=O)N(C)C1CCCN(CCc2ccccc2)C1. The molecule has 0 bridgehead atoms. The van der Waals surface area contributed by atoms with Gasteiger partial charge in [-0.05, 0) is 31.4 Å². The molecule has 116 valence electrons. The molecule has 2 rings (SSSR count). The van der Waals surface area contributed by atoms with E-state index < -0.39 is 0 Å². The zero-order chi connectivity index (χ0) is 15.1. The smallest absolute Gasteiger partial charge is 0.248 e. The number of carbonyl (C=O) groups excluding carboxylic acids is 1. The first kappa shape index (κ1) is 16.0. The lowest BCUT2D eigenvalue weighted by Gasteiger charge is -2.37. The summed E-state index contributed by atoms with van der Waals surface area (Å²) in [5.74, 6) is 0.0763. The number of piperidine rings is 1. The molecule has 0 spiro atoms. The van der Waals surface area contributed by atoms with Gasteiger partial charge in [0, 0.05) is 33.3 Å². The maximum Gasteiger partial charge on any atom is 0.248 e. The Hall–Kier alpha value is -1.39. The topological polar surface area (TPSA) is 32.8 Å². The molecule has 21 heavy (non-hydrogen) atoms. The summed E-state index contributed by atoms with van der Waals surface area (Å²) in [5.41, 5.74) is 1.38. The van der Waals surface area contributed by atoms with Crippen LogP contribution in [-0.4, -0.2) is 62.1 Å². The summed E-state index contributed by atoms with van der Waals surface area (Å²) in [5, 5.41) is 0. The molecule has 0 aromatic heterocycles. The number of methoxy groups -OCH3 is 1. The second-order valence-corrected chi connectivity index (χ2v) is 5.77. The Bertz CT molecular complexity index is 436. The van der Waals surface area contributed by atoms with Crippen molar-refractivity contribution in [3.8, 4) is 0 Å². The summed E-state index contributed by atoms with van der Waals surface area (Å²) in [6.45, 7) is 3.35. The molecule has 0 aliphatic carbocycles. The van der Waals surface area contributed by atoms with E-state index in [1.165, 1.54) is 5.56 Å². The predicted molar refractivity (Wildman–Crippen MR) is 84.3 cm³/mol. The lowest BCUT2D eigenvalue weighted by atomic mass is 10.0. The van der Waals surface area contributed by atoms with E-state index in [0.29, 0.717) is 6.04 Å². The van der Waals surface area contributed by atoms with Gasteiger partial charge in [-0.3, -0.25) is 4.79 Å². The largest absolute Gasteiger partial charge is 0.375 e. The number of hydrogen-bond donors (Lipinski definition) is 0. The van der Waals surface area contributed by atoms with E-state index in [1.807, 2.05) is 11.9 Å². The first-order valence-electron chi connectivity index (χ1n) is 7.71. The number of benzene rings is 1. The highest BCUT2D eigenvalue weighted by atomic mass is 16.5. The van der Waals surface area contributed by atoms with Crippen molar-refractivity contribution in [3.05, 3.63) is 35.9 Å². The molecule has 4 nitrogen and oxygen atoms in total. The van der Waals surface area contributed by atoms with Crippen molar-refractivity contribution in [2.24, 2.45) is 0 Å². The van der Waals surface area contributed by atoms with Crippen molar-refractivity contribution in [3.63, 3.8) is 0 Å². The zero-order valence-corrected chi connectivity index (χ0v) is 13.1. The van der Waals surface area contributed by atoms with Gasteiger partial charge in [-0.15, -0.1) is 0 Å². The number of rotatable bonds is 6. The fraction of sp³-hybridized carbons (Fsp3) is 0.588. The van der Waals surface area contributed by atoms with Gasteiger partial charge < -0.3 is 14.5 Å². The monoisotopic (exact) mass is 290 g/mol. The van der Waals surface area contributed by atoms with Crippen LogP contribution in [0.25, 0.3) is 0 Å². The van der Waals surface area contributed by atoms with Crippen molar-refractivity contribution < 1.29 is 9.53 Å². The Morgan fingerprint density at radius 3 is 2.86 bits per heavy atom. The molecule has 4 heteroatoms. The first-order chi connectivity index (χ1) is 10.2. The second-order valence-electron chi connectivity index (χ2n) is 5.77. The molecule has 1 saturated heterocycles. The van der Waals surface area contributed by atoms with Crippen LogP contribution in [-0.2, 0) is 16.0 Å². The average molecular weight is 290 g/mol. The van der Waals surface area contributed by atoms with Gasteiger partial charge in [-0.1, -0.05) is 30.3 Å². The molecule has 0 N–H and O–H groups in total. The Morgan fingerprint density at radius 2 is 2.14 bits per heavy atom. The van der Waals surface area contributed by atoms with E-state index in [-0.39, 0.29) is 12.5 Å². The van der Waals surface area contributed by atoms with Crippen LogP contribution < -0.4 is 0 Å². The summed E-state index contributed by atoms with van der Waals surface area (Å²) in [6, 6.07) is 10.9. The summed E-state index contributed by atoms with van der Waals surface area (Å²) in [6.07, 6.45) is 3.32. The van der Waals surface area contributed by atoms with E-state index in [0.717, 1.165) is 38.9 Å². The van der Waals surface area contributed by atoms with E-state index in [4.69, 9.17) is 4.74 Å². The van der Waals surface area contributed by atoms with Gasteiger partial charge >= 0.3 is 0 Å². The van der Waals surface area contributed by atoms with Gasteiger partial charge in [0.05, 0.1) is 0 Å². The van der Waals surface area contributed by atoms with Crippen LogP contribution in [0, 0.1) is 0 Å². The molecule has 1 heterocycles. The summed E-state index contributed by atoms with van der Waals surface area (Å²) >= 11 is 0. The molecule has 1 aromatic rings. The minimum atomic E-state index is 0.0763. The second kappa shape index (κ2) is 8.15. The maximum absolute atomic E-state index is 11.9. The van der Waals surface area contributed by atoms with E-state index in [2.05, 4.69) is 35.2 Å². The number of hydrogen-bond acceptors (Lipinski definition) is 3. The Labute approximate surface area is 127 Å². The molecule has 1 aliphatic heterocycles. The van der Waals surface area contributed by atoms with Crippen LogP contribution in [0.3, 0.4) is 0 Å². The fourth-order valence-corrected chi connectivity index (χ4v) is 2.91. The number of ether oxygens (including phenoxy) is 1. The summed E-state index contributed by atoms with van der Waals surface area (Å²) in [4.78, 5) is 16.2. The van der Waals surface area contributed by atoms with Crippen molar-refractivity contribution in [2.75, 3.05) is 40.4 Å². The van der Waals surface area contributed by atoms with Gasteiger partial charge in [0.1, 0.15) is 6.61 Å². The van der Waals surface area contributed by atoms with Gasteiger partial charge in [0.25, 0.3) is 0 Å². The Morgan fingerprint density at radius 1 is 1.38 bits per heavy atom. The van der Waals surface area contributed by atoms with Crippen LogP contribution in [0.4, 0.5) is 0 Å². The highest BCUT2D eigenvalue weighted by Crippen LogP contribution is 2.15. The summed E-state index contributed by atoms with van der Waals surface area (Å²) in [7, 11) is 3.46. The molecule has 0 saturated carbocycles. The number of nitrogens with zero attached hydrogens (tertiary/aromatic N) is 2. The lowest BCUT2D eigenvalue weighted by molar-refractivity contribution is -0.136. The third-order valence-corrected chi connectivity index (χ3v) is 4.25. The van der Waals surface area contributed by atoms with Crippen LogP contribution in [0.15, 0.2) is 30.3 Å².